The van der Waals surface area contributed by atoms with Crippen molar-refractivity contribution in [3.05, 3.63) is 65.0 Å². The standard InChI is InChI=1S/C27H30ClN7O2S2/c1-32-11-13-33(14-12-32)22-6-4-21(5-7-22)29-27-30-24-10-19-38-25(24)26(31-27)34-15-17-35(18-16-34)39(36,37)23-8-2-20(28)3-9-23/h2-10,19H,11-18H2,1H3,(H,29,30,31). The zero-order valence-electron chi connectivity index (χ0n) is 21.6. The van der Waals surface area contributed by atoms with Crippen LogP contribution in [-0.4, -0.2) is 87.0 Å². The topological polar surface area (TPSA) is 84.9 Å². The molecule has 0 amide bonds. The molecule has 0 radical (unpaired) electrons. The highest BCUT2D eigenvalue weighted by atomic mass is 35.5. The molecule has 2 aliphatic rings. The Kier molecular flexibility index (Phi) is 7.34. The Bertz CT molecular complexity index is 1550. The molecule has 204 valence electrons. The van der Waals surface area contributed by atoms with Gasteiger partial charge in [0.25, 0.3) is 0 Å². The minimum atomic E-state index is -3.58. The van der Waals surface area contributed by atoms with Gasteiger partial charge in [-0.05, 0) is 67.0 Å². The van der Waals surface area contributed by atoms with Crippen molar-refractivity contribution >= 4 is 66.3 Å². The number of rotatable bonds is 6. The van der Waals surface area contributed by atoms with E-state index < -0.39 is 10.0 Å². The van der Waals surface area contributed by atoms with E-state index in [-0.39, 0.29) is 4.90 Å². The lowest BCUT2D eigenvalue weighted by atomic mass is 10.2. The Morgan fingerprint density at radius 2 is 1.49 bits per heavy atom. The van der Waals surface area contributed by atoms with Crippen LogP contribution in [0.5, 0.6) is 0 Å². The molecule has 12 heteroatoms. The Morgan fingerprint density at radius 3 is 2.18 bits per heavy atom. The number of nitrogens with one attached hydrogen (secondary N) is 1. The molecule has 4 aromatic rings. The molecule has 0 bridgehead atoms. The van der Waals surface area contributed by atoms with Crippen molar-refractivity contribution in [2.24, 2.45) is 0 Å². The maximum absolute atomic E-state index is 13.1. The predicted molar refractivity (Wildman–Crippen MR) is 159 cm³/mol. The highest BCUT2D eigenvalue weighted by Crippen LogP contribution is 2.32. The van der Waals surface area contributed by atoms with Crippen LogP contribution >= 0.6 is 22.9 Å². The number of hydrogen-bond donors (Lipinski definition) is 1. The molecule has 0 spiro atoms. The van der Waals surface area contributed by atoms with E-state index >= 15 is 0 Å². The SMILES string of the molecule is CN1CCN(c2ccc(Nc3nc(N4CCN(S(=O)(=O)c5ccc(Cl)cc5)CC4)c4sccc4n3)cc2)CC1. The maximum Gasteiger partial charge on any atom is 0.243 e. The number of fused-ring (bicyclic) bond motifs is 1. The highest BCUT2D eigenvalue weighted by Gasteiger charge is 2.30. The third-order valence-corrected chi connectivity index (χ3v) is 10.3. The van der Waals surface area contributed by atoms with Gasteiger partial charge in [0, 0.05) is 68.8 Å². The third kappa shape index (κ3) is 5.55. The van der Waals surface area contributed by atoms with E-state index in [9.17, 15) is 8.42 Å². The molecule has 4 heterocycles. The summed E-state index contributed by atoms with van der Waals surface area (Å²) in [4.78, 5) is 16.8. The second-order valence-electron chi connectivity index (χ2n) is 9.81. The monoisotopic (exact) mass is 583 g/mol. The minimum absolute atomic E-state index is 0.258. The summed E-state index contributed by atoms with van der Waals surface area (Å²) >= 11 is 7.54. The second kappa shape index (κ2) is 10.9. The zero-order valence-corrected chi connectivity index (χ0v) is 24.0. The van der Waals surface area contributed by atoms with E-state index in [0.29, 0.717) is 37.1 Å². The molecule has 1 N–H and O–H groups in total. The number of hydrogen-bond acceptors (Lipinski definition) is 9. The summed E-state index contributed by atoms with van der Waals surface area (Å²) in [6.07, 6.45) is 0. The number of benzene rings is 2. The molecule has 2 aromatic heterocycles. The number of nitrogens with zero attached hydrogens (tertiary/aromatic N) is 6. The van der Waals surface area contributed by atoms with Crippen molar-refractivity contribution in [1.82, 2.24) is 19.2 Å². The number of anilines is 4. The Balaban J connectivity index is 1.17. The fraction of sp³-hybridized carbons (Fsp3) is 0.333. The van der Waals surface area contributed by atoms with Crippen LogP contribution in [0.15, 0.2) is 64.9 Å². The Labute approximate surface area is 237 Å². The number of halogens is 1. The summed E-state index contributed by atoms with van der Waals surface area (Å²) in [5, 5.41) is 5.90. The highest BCUT2D eigenvalue weighted by molar-refractivity contribution is 7.89. The van der Waals surface area contributed by atoms with E-state index in [1.54, 1.807) is 35.6 Å². The first-order chi connectivity index (χ1) is 18.9. The third-order valence-electron chi connectivity index (χ3n) is 7.27. The summed E-state index contributed by atoms with van der Waals surface area (Å²) < 4.78 is 28.8. The van der Waals surface area contributed by atoms with Gasteiger partial charge in [-0.25, -0.2) is 13.4 Å². The van der Waals surface area contributed by atoms with Crippen LogP contribution in [0.25, 0.3) is 10.2 Å². The smallest absolute Gasteiger partial charge is 0.243 e. The van der Waals surface area contributed by atoms with Gasteiger partial charge in [-0.3, -0.25) is 0 Å². The summed E-state index contributed by atoms with van der Waals surface area (Å²) in [6, 6.07) is 16.7. The van der Waals surface area contributed by atoms with Crippen molar-refractivity contribution < 1.29 is 8.42 Å². The van der Waals surface area contributed by atoms with Gasteiger partial charge in [-0.15, -0.1) is 11.3 Å². The van der Waals surface area contributed by atoms with E-state index in [4.69, 9.17) is 21.6 Å². The summed E-state index contributed by atoms with van der Waals surface area (Å²) in [7, 11) is -1.42. The fourth-order valence-corrected chi connectivity index (χ4v) is 7.36. The lowest BCUT2D eigenvalue weighted by Crippen LogP contribution is -2.49. The number of likely N-dealkylation sites (N-methyl/N-ethyl adjacent to an activating group) is 1. The molecule has 39 heavy (non-hydrogen) atoms. The molecule has 9 nitrogen and oxygen atoms in total. The normalized spacial score (nSPS) is 17.6. The van der Waals surface area contributed by atoms with Gasteiger partial charge in [0.1, 0.15) is 0 Å². The van der Waals surface area contributed by atoms with Crippen LogP contribution in [0.4, 0.5) is 23.1 Å². The lowest BCUT2D eigenvalue weighted by Gasteiger charge is -2.35. The molecular formula is C27H30ClN7O2S2. The van der Waals surface area contributed by atoms with Gasteiger partial charge in [-0.1, -0.05) is 11.6 Å². The van der Waals surface area contributed by atoms with Crippen molar-refractivity contribution in [1.29, 1.82) is 0 Å². The lowest BCUT2D eigenvalue weighted by molar-refractivity contribution is 0.313. The van der Waals surface area contributed by atoms with E-state index in [2.05, 4.69) is 51.3 Å². The number of piperazine rings is 2. The average Bonchev–Trinajstić information content (AvgIpc) is 3.43. The van der Waals surface area contributed by atoms with Crippen LogP contribution in [0.2, 0.25) is 5.02 Å². The predicted octanol–water partition coefficient (Wildman–Crippen LogP) is 4.35. The Morgan fingerprint density at radius 1 is 0.821 bits per heavy atom. The molecule has 0 unspecified atom stereocenters. The number of thiophene rings is 1. The first-order valence-electron chi connectivity index (χ1n) is 12.9. The Hall–Kier alpha value is -2.96. The van der Waals surface area contributed by atoms with Crippen molar-refractivity contribution in [3.63, 3.8) is 0 Å². The molecule has 6 rings (SSSR count). The minimum Gasteiger partial charge on any atom is -0.369 e. The van der Waals surface area contributed by atoms with Crippen LogP contribution in [-0.2, 0) is 10.0 Å². The first kappa shape index (κ1) is 26.3. The van der Waals surface area contributed by atoms with Crippen LogP contribution in [0.3, 0.4) is 0 Å². The molecule has 2 fully saturated rings. The van der Waals surface area contributed by atoms with E-state index in [1.807, 2.05) is 11.4 Å². The van der Waals surface area contributed by atoms with Gasteiger partial charge in [-0.2, -0.15) is 9.29 Å². The van der Waals surface area contributed by atoms with Gasteiger partial charge in [0.15, 0.2) is 5.82 Å². The quantitative estimate of drug-likeness (QED) is 0.359. The van der Waals surface area contributed by atoms with E-state index in [1.165, 1.54) is 9.99 Å². The summed E-state index contributed by atoms with van der Waals surface area (Å²) in [6.45, 7) is 6.01. The molecular weight excluding hydrogens is 554 g/mol. The zero-order chi connectivity index (χ0) is 27.0. The first-order valence-corrected chi connectivity index (χ1v) is 15.6. The summed E-state index contributed by atoms with van der Waals surface area (Å²) in [5.74, 6) is 1.36. The van der Waals surface area contributed by atoms with Crippen LogP contribution in [0, 0.1) is 0 Å². The molecule has 0 saturated carbocycles. The molecule has 2 aromatic carbocycles. The molecule has 0 aliphatic carbocycles. The van der Waals surface area contributed by atoms with Gasteiger partial charge >= 0.3 is 0 Å². The largest absolute Gasteiger partial charge is 0.369 e. The van der Waals surface area contributed by atoms with Crippen LogP contribution in [0.1, 0.15) is 0 Å². The molecule has 0 atom stereocenters. The second-order valence-corrected chi connectivity index (χ2v) is 13.1. The number of aromatic nitrogens is 2. The van der Waals surface area contributed by atoms with E-state index in [0.717, 1.165) is 47.9 Å². The van der Waals surface area contributed by atoms with Crippen LogP contribution < -0.4 is 15.1 Å². The summed E-state index contributed by atoms with van der Waals surface area (Å²) in [5.41, 5.74) is 3.01. The number of sulfonamides is 1. The molecule has 2 aliphatic heterocycles. The maximum atomic E-state index is 13.1. The fourth-order valence-electron chi connectivity index (χ4n) is 4.96. The average molecular weight is 584 g/mol. The van der Waals surface area contributed by atoms with Crippen molar-refractivity contribution in [3.8, 4) is 0 Å². The van der Waals surface area contributed by atoms with Gasteiger partial charge in [0.2, 0.25) is 16.0 Å². The van der Waals surface area contributed by atoms with Gasteiger partial charge in [0.05, 0.1) is 15.1 Å². The van der Waals surface area contributed by atoms with Crippen molar-refractivity contribution in [2.45, 2.75) is 4.90 Å². The molecule has 2 saturated heterocycles. The van der Waals surface area contributed by atoms with Crippen molar-refractivity contribution in [2.75, 3.05) is 74.5 Å². The van der Waals surface area contributed by atoms with Gasteiger partial charge < -0.3 is 20.0 Å².